The van der Waals surface area contributed by atoms with E-state index in [9.17, 15) is 9.90 Å². The number of benzene rings is 2. The molecule has 0 aliphatic carbocycles. The number of aryl methyl sites for hydroxylation is 2. The molecule has 2 aromatic rings. The molecule has 3 rings (SSSR count). The standard InChI is InChI=1S/C26H34ClFN4O2/c1-15-8-10-21(28)25(18(15)4)19(5)26(22-12-24(34)30-29-22)31(6)14-32(17(3)13-33)23-11-20(27)9-7-16(23)2/h7-11,17,19,26,33H,12-14H2,1-6H3,(H,30,34)/t17?,19-,26?/m1/s1. The third-order valence-electron chi connectivity index (χ3n) is 6.80. The fourth-order valence-electron chi connectivity index (χ4n) is 4.77. The van der Waals surface area contributed by atoms with Crippen LogP contribution in [0, 0.1) is 26.6 Å². The normalized spacial score (nSPS) is 16.3. The van der Waals surface area contributed by atoms with Crippen LogP contribution in [0.15, 0.2) is 35.4 Å². The lowest BCUT2D eigenvalue weighted by atomic mass is 9.84. The molecule has 2 unspecified atom stereocenters. The number of nitrogens with zero attached hydrogens (tertiary/aromatic N) is 3. The molecule has 0 radical (unpaired) electrons. The molecular formula is C26H34ClFN4O2. The maximum Gasteiger partial charge on any atom is 0.245 e. The first-order valence-electron chi connectivity index (χ1n) is 11.5. The first-order valence-corrected chi connectivity index (χ1v) is 11.9. The largest absolute Gasteiger partial charge is 0.394 e. The van der Waals surface area contributed by atoms with Gasteiger partial charge in [0.15, 0.2) is 0 Å². The van der Waals surface area contributed by atoms with Crippen molar-refractivity contribution in [3.63, 3.8) is 0 Å². The van der Waals surface area contributed by atoms with E-state index in [1.807, 2.05) is 59.9 Å². The van der Waals surface area contributed by atoms with Crippen LogP contribution in [0.25, 0.3) is 0 Å². The molecule has 184 valence electrons. The first kappa shape index (κ1) is 26.1. The summed E-state index contributed by atoms with van der Waals surface area (Å²) in [5.41, 5.74) is 7.68. The van der Waals surface area contributed by atoms with Gasteiger partial charge in [-0.05, 0) is 75.2 Å². The predicted molar refractivity (Wildman–Crippen MR) is 136 cm³/mol. The van der Waals surface area contributed by atoms with Gasteiger partial charge in [0, 0.05) is 16.6 Å². The van der Waals surface area contributed by atoms with Gasteiger partial charge in [-0.25, -0.2) is 9.82 Å². The van der Waals surface area contributed by atoms with Crippen LogP contribution in [0.5, 0.6) is 0 Å². The van der Waals surface area contributed by atoms with E-state index < -0.39 is 0 Å². The number of aliphatic hydroxyl groups excluding tert-OH is 1. The average molecular weight is 489 g/mol. The van der Waals surface area contributed by atoms with E-state index in [1.54, 1.807) is 6.07 Å². The molecule has 6 nitrogen and oxygen atoms in total. The van der Waals surface area contributed by atoms with E-state index in [1.165, 1.54) is 6.07 Å². The SMILES string of the molecule is Cc1ccc(Cl)cc1N(CN(C)C(C1=NNC(=O)C1)[C@H](C)c1c(F)ccc(C)c1C)C(C)CO. The van der Waals surface area contributed by atoms with E-state index in [0.717, 1.165) is 22.4 Å². The number of nitrogens with one attached hydrogen (secondary N) is 1. The summed E-state index contributed by atoms with van der Waals surface area (Å²) in [4.78, 5) is 16.2. The Kier molecular flexibility index (Phi) is 8.34. The van der Waals surface area contributed by atoms with Crippen molar-refractivity contribution < 1.29 is 14.3 Å². The van der Waals surface area contributed by atoms with Crippen molar-refractivity contribution in [3.8, 4) is 0 Å². The number of anilines is 1. The third kappa shape index (κ3) is 5.43. The Balaban J connectivity index is 2.03. The van der Waals surface area contributed by atoms with E-state index in [-0.39, 0.29) is 42.8 Å². The second-order valence-electron chi connectivity index (χ2n) is 9.28. The number of amides is 1. The van der Waals surface area contributed by atoms with Crippen LogP contribution in [0.1, 0.15) is 48.4 Å². The summed E-state index contributed by atoms with van der Waals surface area (Å²) in [6.45, 7) is 10.2. The Morgan fingerprint density at radius 2 is 1.85 bits per heavy atom. The number of aliphatic hydroxyl groups is 1. The topological polar surface area (TPSA) is 68.2 Å². The molecule has 3 atom stereocenters. The van der Waals surface area contributed by atoms with Crippen LogP contribution < -0.4 is 10.3 Å². The highest BCUT2D eigenvalue weighted by atomic mass is 35.5. The van der Waals surface area contributed by atoms with Gasteiger partial charge < -0.3 is 10.0 Å². The molecule has 8 heteroatoms. The molecule has 0 saturated heterocycles. The number of rotatable bonds is 9. The Hall–Kier alpha value is -2.48. The number of hydrogen-bond acceptors (Lipinski definition) is 5. The number of likely N-dealkylation sites (N-methyl/N-ethyl adjacent to an activating group) is 1. The molecule has 1 aliphatic rings. The number of hydrazone groups is 1. The van der Waals surface area contributed by atoms with Crippen LogP contribution >= 0.6 is 11.6 Å². The van der Waals surface area contributed by atoms with Crippen molar-refractivity contribution in [2.45, 2.75) is 59.0 Å². The molecular weight excluding hydrogens is 455 g/mol. The van der Waals surface area contributed by atoms with E-state index in [2.05, 4.69) is 20.3 Å². The van der Waals surface area contributed by atoms with Crippen LogP contribution in [0.2, 0.25) is 5.02 Å². The minimum atomic E-state index is -0.346. The minimum Gasteiger partial charge on any atom is -0.394 e. The summed E-state index contributed by atoms with van der Waals surface area (Å²) in [6, 6.07) is 8.41. The molecule has 1 heterocycles. The van der Waals surface area contributed by atoms with Crippen LogP contribution in [-0.4, -0.2) is 54.0 Å². The fourth-order valence-corrected chi connectivity index (χ4v) is 4.93. The summed E-state index contributed by atoms with van der Waals surface area (Å²) in [7, 11) is 1.94. The van der Waals surface area contributed by atoms with Gasteiger partial charge in [-0.1, -0.05) is 30.7 Å². The van der Waals surface area contributed by atoms with Crippen LogP contribution in [-0.2, 0) is 4.79 Å². The average Bonchev–Trinajstić information content (AvgIpc) is 3.21. The van der Waals surface area contributed by atoms with Crippen LogP contribution in [0.3, 0.4) is 0 Å². The molecule has 0 spiro atoms. The molecule has 2 N–H and O–H groups in total. The Morgan fingerprint density at radius 3 is 2.47 bits per heavy atom. The van der Waals surface area contributed by atoms with Gasteiger partial charge in [-0.15, -0.1) is 0 Å². The highest BCUT2D eigenvalue weighted by Crippen LogP contribution is 2.33. The molecule has 0 aromatic heterocycles. The van der Waals surface area contributed by atoms with Crippen molar-refractivity contribution in [2.75, 3.05) is 25.2 Å². The highest BCUT2D eigenvalue weighted by Gasteiger charge is 2.35. The highest BCUT2D eigenvalue weighted by molar-refractivity contribution is 6.30. The van der Waals surface area contributed by atoms with Gasteiger partial charge in [-0.2, -0.15) is 5.10 Å². The zero-order chi connectivity index (χ0) is 25.2. The summed E-state index contributed by atoms with van der Waals surface area (Å²) >= 11 is 6.30. The van der Waals surface area contributed by atoms with E-state index in [0.29, 0.717) is 23.0 Å². The maximum absolute atomic E-state index is 15.1. The monoisotopic (exact) mass is 488 g/mol. The number of carbonyl (C=O) groups is 1. The second-order valence-corrected chi connectivity index (χ2v) is 9.72. The maximum atomic E-state index is 15.1. The quantitative estimate of drug-likeness (QED) is 0.509. The van der Waals surface area contributed by atoms with Crippen molar-refractivity contribution in [2.24, 2.45) is 5.10 Å². The fraction of sp³-hybridized carbons (Fsp3) is 0.462. The Labute approximate surface area is 206 Å². The van der Waals surface area contributed by atoms with Gasteiger partial charge in [0.25, 0.3) is 0 Å². The molecule has 1 amide bonds. The Bertz CT molecular complexity index is 1090. The third-order valence-corrected chi connectivity index (χ3v) is 7.03. The number of halogens is 2. The van der Waals surface area contributed by atoms with E-state index in [4.69, 9.17) is 11.6 Å². The lowest BCUT2D eigenvalue weighted by Crippen LogP contribution is -2.50. The molecule has 34 heavy (non-hydrogen) atoms. The Morgan fingerprint density at radius 1 is 1.18 bits per heavy atom. The number of hydrogen-bond donors (Lipinski definition) is 2. The smallest absolute Gasteiger partial charge is 0.245 e. The predicted octanol–water partition coefficient (Wildman–Crippen LogP) is 4.53. The summed E-state index contributed by atoms with van der Waals surface area (Å²) in [5.74, 6) is -0.713. The van der Waals surface area contributed by atoms with Crippen molar-refractivity contribution in [1.29, 1.82) is 0 Å². The van der Waals surface area contributed by atoms with Gasteiger partial charge in [0.2, 0.25) is 5.91 Å². The zero-order valence-electron chi connectivity index (χ0n) is 20.7. The lowest BCUT2D eigenvalue weighted by molar-refractivity contribution is -0.119. The first-order chi connectivity index (χ1) is 16.0. The molecule has 0 bridgehead atoms. The zero-order valence-corrected chi connectivity index (χ0v) is 21.4. The van der Waals surface area contributed by atoms with Gasteiger partial charge in [0.1, 0.15) is 5.82 Å². The van der Waals surface area contributed by atoms with Crippen molar-refractivity contribution in [1.82, 2.24) is 10.3 Å². The minimum absolute atomic E-state index is 0.0490. The summed E-state index contributed by atoms with van der Waals surface area (Å²) in [5, 5.41) is 14.9. The van der Waals surface area contributed by atoms with Crippen LogP contribution in [0.4, 0.5) is 10.1 Å². The lowest BCUT2D eigenvalue weighted by Gasteiger charge is -2.40. The van der Waals surface area contributed by atoms with Crippen molar-refractivity contribution in [3.05, 3.63) is 63.4 Å². The van der Waals surface area contributed by atoms with Gasteiger partial charge in [-0.3, -0.25) is 9.69 Å². The van der Waals surface area contributed by atoms with Gasteiger partial charge in [0.05, 0.1) is 37.5 Å². The molecule has 0 fully saturated rings. The molecule has 0 saturated carbocycles. The van der Waals surface area contributed by atoms with Gasteiger partial charge >= 0.3 is 0 Å². The molecule has 1 aliphatic heterocycles. The van der Waals surface area contributed by atoms with Crippen molar-refractivity contribution >= 4 is 28.9 Å². The second kappa shape index (κ2) is 10.8. The molecule has 2 aromatic carbocycles. The summed E-state index contributed by atoms with van der Waals surface area (Å²) < 4.78 is 15.1. The summed E-state index contributed by atoms with van der Waals surface area (Å²) in [6.07, 6.45) is 0.164. The van der Waals surface area contributed by atoms with E-state index >= 15 is 4.39 Å². The number of carbonyl (C=O) groups excluding carboxylic acids is 1.